The van der Waals surface area contributed by atoms with Crippen molar-refractivity contribution in [2.24, 2.45) is 17.3 Å². The average molecular weight is 502 g/mol. The van der Waals surface area contributed by atoms with Gasteiger partial charge in [0.15, 0.2) is 0 Å². The maximum absolute atomic E-state index is 14.1. The second-order valence-electron chi connectivity index (χ2n) is 12.1. The van der Waals surface area contributed by atoms with Gasteiger partial charge in [-0.2, -0.15) is 0 Å². The number of rotatable bonds is 7. The van der Waals surface area contributed by atoms with Crippen molar-refractivity contribution in [1.29, 1.82) is 0 Å². The fourth-order valence-electron chi connectivity index (χ4n) is 6.99. The molecule has 0 aromatic heterocycles. The van der Waals surface area contributed by atoms with Gasteiger partial charge in [0.05, 0.1) is 29.2 Å². The van der Waals surface area contributed by atoms with Crippen LogP contribution < -0.4 is 10.6 Å². The van der Waals surface area contributed by atoms with Crippen molar-refractivity contribution in [2.75, 3.05) is 13.7 Å². The van der Waals surface area contributed by atoms with Gasteiger partial charge in [0, 0.05) is 17.8 Å². The number of amides is 3. The van der Waals surface area contributed by atoms with Gasteiger partial charge in [-0.25, -0.2) is 0 Å². The Morgan fingerprint density at radius 1 is 1.17 bits per heavy atom. The van der Waals surface area contributed by atoms with Crippen molar-refractivity contribution < 1.29 is 19.5 Å². The van der Waals surface area contributed by atoms with Crippen LogP contribution in [-0.2, 0) is 14.4 Å². The first-order valence-corrected chi connectivity index (χ1v) is 13.4. The maximum atomic E-state index is 14.1. The molecule has 3 N–H and O–H groups in total. The third-order valence-corrected chi connectivity index (χ3v) is 9.61. The number of aliphatic hydroxyl groups excluding tert-OH is 1. The standard InChI is InChI=1S/C27H39N3O4S/c1-25(2,3)15-26(4,5)29-23(33)21-27-13-12-18(35-27)19(22(32)28-6)20(27)24(34)30(21)17(14-31)16-10-8-7-9-11-16/h7-11,17-21,31H,12-15H2,1-6H3,(H,28,32)(H,29,33)/t17-,18-,19+,20+,21?,27?/m1/s1. The summed E-state index contributed by atoms with van der Waals surface area (Å²) in [4.78, 5) is 42.8. The van der Waals surface area contributed by atoms with E-state index in [1.54, 1.807) is 23.7 Å². The number of fused-ring (bicyclic) bond motifs is 1. The van der Waals surface area contributed by atoms with Crippen molar-refractivity contribution in [3.8, 4) is 0 Å². The third-order valence-electron chi connectivity index (χ3n) is 7.66. The number of hydrogen-bond donors (Lipinski definition) is 3. The van der Waals surface area contributed by atoms with E-state index >= 15 is 0 Å². The number of thioether (sulfide) groups is 1. The normalized spacial score (nSPS) is 30.8. The Hall–Kier alpha value is -2.06. The highest BCUT2D eigenvalue weighted by atomic mass is 32.2. The highest BCUT2D eigenvalue weighted by Gasteiger charge is 2.74. The van der Waals surface area contributed by atoms with Gasteiger partial charge < -0.3 is 20.6 Å². The van der Waals surface area contributed by atoms with Crippen molar-refractivity contribution in [1.82, 2.24) is 15.5 Å². The lowest BCUT2D eigenvalue weighted by molar-refractivity contribution is -0.143. The molecule has 0 saturated carbocycles. The van der Waals surface area contributed by atoms with E-state index in [9.17, 15) is 19.5 Å². The molecule has 3 fully saturated rings. The van der Waals surface area contributed by atoms with Gasteiger partial charge in [0.2, 0.25) is 17.7 Å². The zero-order chi connectivity index (χ0) is 25.8. The molecule has 4 rings (SSSR count). The summed E-state index contributed by atoms with van der Waals surface area (Å²) in [6, 6.07) is 7.95. The molecule has 3 aliphatic rings. The topological polar surface area (TPSA) is 98.7 Å². The van der Waals surface area contributed by atoms with Gasteiger partial charge in [-0.15, -0.1) is 11.8 Å². The van der Waals surface area contributed by atoms with Gasteiger partial charge in [-0.1, -0.05) is 51.1 Å². The number of nitrogens with zero attached hydrogens (tertiary/aromatic N) is 1. The summed E-state index contributed by atoms with van der Waals surface area (Å²) >= 11 is 1.64. The first-order chi connectivity index (χ1) is 16.3. The molecule has 2 unspecified atom stereocenters. The Bertz CT molecular complexity index is 992. The number of carbonyl (C=O) groups excluding carboxylic acids is 3. The summed E-state index contributed by atoms with van der Waals surface area (Å²) < 4.78 is -0.678. The Morgan fingerprint density at radius 2 is 1.83 bits per heavy atom. The maximum Gasteiger partial charge on any atom is 0.244 e. The van der Waals surface area contributed by atoms with Gasteiger partial charge in [0.1, 0.15) is 6.04 Å². The number of aliphatic hydroxyl groups is 1. The minimum absolute atomic E-state index is 0.00529. The quantitative estimate of drug-likeness (QED) is 0.534. The summed E-state index contributed by atoms with van der Waals surface area (Å²) in [6.07, 6.45) is 2.26. The Morgan fingerprint density at radius 3 is 2.40 bits per heavy atom. The molecule has 3 aliphatic heterocycles. The van der Waals surface area contributed by atoms with E-state index in [4.69, 9.17) is 0 Å². The number of likely N-dealkylation sites (tertiary alicyclic amines) is 1. The molecule has 1 aromatic rings. The van der Waals surface area contributed by atoms with Crippen LogP contribution in [0.5, 0.6) is 0 Å². The average Bonchev–Trinajstić information content (AvgIpc) is 3.40. The number of hydrogen-bond acceptors (Lipinski definition) is 5. The second kappa shape index (κ2) is 9.11. The molecule has 3 saturated heterocycles. The second-order valence-corrected chi connectivity index (χ2v) is 13.7. The minimum atomic E-state index is -0.763. The Labute approximate surface area is 212 Å². The fraction of sp³-hybridized carbons (Fsp3) is 0.667. The molecular formula is C27H39N3O4S. The van der Waals surface area contributed by atoms with E-state index in [0.29, 0.717) is 6.42 Å². The van der Waals surface area contributed by atoms with E-state index in [2.05, 4.69) is 31.4 Å². The van der Waals surface area contributed by atoms with E-state index < -0.39 is 34.2 Å². The minimum Gasteiger partial charge on any atom is -0.394 e. The molecule has 3 heterocycles. The van der Waals surface area contributed by atoms with Gasteiger partial charge >= 0.3 is 0 Å². The molecule has 192 valence electrons. The molecule has 0 aliphatic carbocycles. The van der Waals surface area contributed by atoms with Crippen molar-refractivity contribution in [2.45, 2.75) is 81.5 Å². The molecule has 1 aromatic carbocycles. The predicted octanol–water partition coefficient (Wildman–Crippen LogP) is 2.89. The summed E-state index contributed by atoms with van der Waals surface area (Å²) in [5.74, 6) is -1.59. The van der Waals surface area contributed by atoms with Crippen LogP contribution in [0, 0.1) is 17.3 Å². The molecule has 7 nitrogen and oxygen atoms in total. The van der Waals surface area contributed by atoms with Gasteiger partial charge in [0.25, 0.3) is 0 Å². The van der Waals surface area contributed by atoms with Crippen LogP contribution in [0.4, 0.5) is 0 Å². The van der Waals surface area contributed by atoms with Crippen LogP contribution in [0.3, 0.4) is 0 Å². The molecule has 8 heteroatoms. The molecule has 6 atom stereocenters. The first kappa shape index (κ1) is 26.0. The van der Waals surface area contributed by atoms with Crippen LogP contribution in [-0.4, -0.2) is 63.0 Å². The number of benzene rings is 1. The lowest BCUT2D eigenvalue weighted by Gasteiger charge is -2.40. The van der Waals surface area contributed by atoms with E-state index in [-0.39, 0.29) is 35.0 Å². The van der Waals surface area contributed by atoms with Crippen LogP contribution >= 0.6 is 11.8 Å². The summed E-state index contributed by atoms with van der Waals surface area (Å²) in [5.41, 5.74) is 0.301. The van der Waals surface area contributed by atoms with E-state index in [1.165, 1.54) is 0 Å². The third kappa shape index (κ3) is 4.48. The number of nitrogens with one attached hydrogen (secondary N) is 2. The molecule has 1 spiro atoms. The zero-order valence-corrected chi connectivity index (χ0v) is 22.4. The molecule has 35 heavy (non-hydrogen) atoms. The summed E-state index contributed by atoms with van der Waals surface area (Å²) in [5, 5.41) is 16.5. The van der Waals surface area contributed by atoms with Gasteiger partial charge in [-0.3, -0.25) is 14.4 Å². The van der Waals surface area contributed by atoms with Gasteiger partial charge in [-0.05, 0) is 44.1 Å². The summed E-state index contributed by atoms with van der Waals surface area (Å²) in [7, 11) is 1.60. The Kier molecular flexibility index (Phi) is 6.77. The van der Waals surface area contributed by atoms with E-state index in [1.807, 2.05) is 44.2 Å². The monoisotopic (exact) mass is 501 g/mol. The lowest BCUT2D eigenvalue weighted by atomic mass is 9.70. The van der Waals surface area contributed by atoms with Crippen molar-refractivity contribution in [3.63, 3.8) is 0 Å². The molecule has 2 bridgehead atoms. The zero-order valence-electron chi connectivity index (χ0n) is 21.6. The number of carbonyl (C=O) groups is 3. The van der Waals surface area contributed by atoms with Crippen molar-refractivity contribution in [3.05, 3.63) is 35.9 Å². The van der Waals surface area contributed by atoms with E-state index in [0.717, 1.165) is 18.4 Å². The summed E-state index contributed by atoms with van der Waals surface area (Å²) in [6.45, 7) is 10.1. The predicted molar refractivity (Wildman–Crippen MR) is 138 cm³/mol. The van der Waals surface area contributed by atoms with Crippen LogP contribution in [0.2, 0.25) is 0 Å². The van der Waals surface area contributed by atoms with Crippen LogP contribution in [0.1, 0.15) is 65.5 Å². The smallest absolute Gasteiger partial charge is 0.244 e. The lowest BCUT2D eigenvalue weighted by Crippen LogP contribution is -2.59. The highest BCUT2D eigenvalue weighted by Crippen LogP contribution is 2.67. The Balaban J connectivity index is 1.78. The highest BCUT2D eigenvalue weighted by molar-refractivity contribution is 8.02. The van der Waals surface area contributed by atoms with Crippen LogP contribution in [0.15, 0.2) is 30.3 Å². The van der Waals surface area contributed by atoms with Crippen molar-refractivity contribution >= 4 is 29.5 Å². The fourth-order valence-corrected chi connectivity index (χ4v) is 9.20. The van der Waals surface area contributed by atoms with Crippen LogP contribution in [0.25, 0.3) is 0 Å². The SMILES string of the molecule is CNC(=O)[C@@H]1[C@H]2C(=O)N([C@H](CO)c3ccccc3)C(C(=O)NC(C)(C)CC(C)(C)C)C23CC[C@H]1S3. The molecule has 3 amide bonds. The largest absolute Gasteiger partial charge is 0.394 e. The first-order valence-electron chi connectivity index (χ1n) is 12.5. The molecule has 0 radical (unpaired) electrons. The molecular weight excluding hydrogens is 462 g/mol.